The van der Waals surface area contributed by atoms with E-state index in [1.54, 1.807) is 0 Å². The molecule has 0 bridgehead atoms. The topological polar surface area (TPSA) is 32.5 Å². The molecular formula is C16H24BrN3. The molecule has 1 aromatic carbocycles. The normalized spacial score (nSPS) is 23.2. The lowest BCUT2D eigenvalue weighted by Gasteiger charge is -2.35. The Hall–Kier alpha value is -0.580. The number of likely N-dealkylation sites (N-methyl/N-ethyl adjacent to an activating group) is 1. The van der Waals surface area contributed by atoms with Gasteiger partial charge in [0.15, 0.2) is 0 Å². The first kappa shape index (κ1) is 14.4. The fraction of sp³-hybridized carbons (Fsp3) is 0.625. The molecule has 1 aliphatic heterocycles. The summed E-state index contributed by atoms with van der Waals surface area (Å²) >= 11 is 3.76. The van der Waals surface area contributed by atoms with Crippen LogP contribution in [0.4, 0.5) is 5.69 Å². The average molecular weight is 338 g/mol. The Morgan fingerprint density at radius 2 is 1.75 bits per heavy atom. The van der Waals surface area contributed by atoms with Crippen molar-refractivity contribution in [1.82, 2.24) is 4.90 Å². The monoisotopic (exact) mass is 337 g/mol. The van der Waals surface area contributed by atoms with Gasteiger partial charge in [-0.2, -0.15) is 0 Å². The molecule has 1 saturated carbocycles. The van der Waals surface area contributed by atoms with Gasteiger partial charge in [0.25, 0.3) is 0 Å². The Labute approximate surface area is 130 Å². The van der Waals surface area contributed by atoms with E-state index in [2.05, 4.69) is 51.0 Å². The molecule has 4 heteroatoms. The van der Waals surface area contributed by atoms with Crippen molar-refractivity contribution in [2.75, 3.05) is 38.1 Å². The number of hydrogen-bond donors (Lipinski definition) is 1. The number of nitrogens with zero attached hydrogens (tertiary/aromatic N) is 2. The zero-order valence-electron chi connectivity index (χ0n) is 12.2. The highest BCUT2D eigenvalue weighted by molar-refractivity contribution is 9.10. The van der Waals surface area contributed by atoms with Crippen LogP contribution in [0.25, 0.3) is 0 Å². The van der Waals surface area contributed by atoms with Crippen molar-refractivity contribution in [2.24, 2.45) is 5.73 Å². The fourth-order valence-corrected chi connectivity index (χ4v) is 4.04. The minimum atomic E-state index is -0.0941. The molecule has 0 unspecified atom stereocenters. The second-order valence-electron chi connectivity index (χ2n) is 6.32. The van der Waals surface area contributed by atoms with Gasteiger partial charge in [-0.05, 0) is 53.5 Å². The SMILES string of the molecule is CN1CCN(c2ccc(C3(N)CCCC3)cc2Br)CC1. The first-order chi connectivity index (χ1) is 9.58. The molecule has 1 saturated heterocycles. The molecule has 3 nitrogen and oxygen atoms in total. The quantitative estimate of drug-likeness (QED) is 0.900. The maximum absolute atomic E-state index is 6.55. The van der Waals surface area contributed by atoms with Crippen molar-refractivity contribution in [3.8, 4) is 0 Å². The molecule has 110 valence electrons. The lowest BCUT2D eigenvalue weighted by Crippen LogP contribution is -2.44. The number of benzene rings is 1. The Morgan fingerprint density at radius 3 is 2.35 bits per heavy atom. The van der Waals surface area contributed by atoms with Gasteiger partial charge in [-0.15, -0.1) is 0 Å². The van der Waals surface area contributed by atoms with Gasteiger partial charge in [-0.3, -0.25) is 0 Å². The van der Waals surface area contributed by atoms with E-state index in [1.165, 1.54) is 28.6 Å². The molecule has 2 N–H and O–H groups in total. The molecule has 2 fully saturated rings. The number of halogens is 1. The zero-order valence-corrected chi connectivity index (χ0v) is 13.8. The molecule has 1 aromatic rings. The Bertz CT molecular complexity index is 475. The molecule has 0 radical (unpaired) electrons. The van der Waals surface area contributed by atoms with Crippen molar-refractivity contribution in [2.45, 2.75) is 31.2 Å². The van der Waals surface area contributed by atoms with Gasteiger partial charge in [0, 0.05) is 36.2 Å². The fourth-order valence-electron chi connectivity index (χ4n) is 3.41. The van der Waals surface area contributed by atoms with Gasteiger partial charge in [0.05, 0.1) is 5.69 Å². The summed E-state index contributed by atoms with van der Waals surface area (Å²) in [5, 5.41) is 0. The smallest absolute Gasteiger partial charge is 0.0511 e. The van der Waals surface area contributed by atoms with Crippen LogP contribution in [0.1, 0.15) is 31.2 Å². The first-order valence-corrected chi connectivity index (χ1v) is 8.40. The van der Waals surface area contributed by atoms with Crippen molar-refractivity contribution in [3.63, 3.8) is 0 Å². The highest BCUT2D eigenvalue weighted by atomic mass is 79.9. The minimum Gasteiger partial charge on any atom is -0.368 e. The maximum Gasteiger partial charge on any atom is 0.0511 e. The lowest BCUT2D eigenvalue weighted by atomic mass is 9.89. The second kappa shape index (κ2) is 5.66. The van der Waals surface area contributed by atoms with Gasteiger partial charge < -0.3 is 15.5 Å². The summed E-state index contributed by atoms with van der Waals surface area (Å²) in [6, 6.07) is 6.74. The van der Waals surface area contributed by atoms with Crippen LogP contribution in [0, 0.1) is 0 Å². The Morgan fingerprint density at radius 1 is 1.10 bits per heavy atom. The molecule has 0 spiro atoms. The molecule has 1 heterocycles. The maximum atomic E-state index is 6.55. The van der Waals surface area contributed by atoms with Crippen LogP contribution in [-0.2, 0) is 5.54 Å². The predicted octanol–water partition coefficient (Wildman–Crippen LogP) is 2.93. The molecule has 20 heavy (non-hydrogen) atoms. The van der Waals surface area contributed by atoms with E-state index in [4.69, 9.17) is 5.73 Å². The lowest BCUT2D eigenvalue weighted by molar-refractivity contribution is 0.312. The highest BCUT2D eigenvalue weighted by Crippen LogP contribution is 2.39. The van der Waals surface area contributed by atoms with Crippen LogP contribution in [0.3, 0.4) is 0 Å². The third-order valence-electron chi connectivity index (χ3n) is 4.86. The summed E-state index contributed by atoms with van der Waals surface area (Å²) in [6.07, 6.45) is 4.75. The van der Waals surface area contributed by atoms with Gasteiger partial charge in [0.2, 0.25) is 0 Å². The van der Waals surface area contributed by atoms with Crippen LogP contribution in [0.5, 0.6) is 0 Å². The standard InChI is InChI=1S/C16H24BrN3/c1-19-8-10-20(11-9-19)15-5-4-13(12-14(15)17)16(18)6-2-3-7-16/h4-5,12H,2-3,6-11,18H2,1H3. The van der Waals surface area contributed by atoms with Crippen LogP contribution >= 0.6 is 15.9 Å². The van der Waals surface area contributed by atoms with Gasteiger partial charge in [-0.25, -0.2) is 0 Å². The third-order valence-corrected chi connectivity index (χ3v) is 5.50. The number of rotatable bonds is 2. The van der Waals surface area contributed by atoms with Crippen molar-refractivity contribution >= 4 is 21.6 Å². The van der Waals surface area contributed by atoms with Gasteiger partial charge in [-0.1, -0.05) is 18.9 Å². The molecule has 1 aliphatic carbocycles. The summed E-state index contributed by atoms with van der Waals surface area (Å²) in [6.45, 7) is 4.47. The van der Waals surface area contributed by atoms with Crippen molar-refractivity contribution < 1.29 is 0 Å². The number of anilines is 1. The number of hydrogen-bond acceptors (Lipinski definition) is 3. The zero-order chi connectivity index (χ0) is 14.2. The van der Waals surface area contributed by atoms with Gasteiger partial charge in [0.1, 0.15) is 0 Å². The molecule has 0 aromatic heterocycles. The summed E-state index contributed by atoms with van der Waals surface area (Å²) in [7, 11) is 2.19. The van der Waals surface area contributed by atoms with E-state index in [0.717, 1.165) is 39.0 Å². The highest BCUT2D eigenvalue weighted by Gasteiger charge is 2.31. The van der Waals surface area contributed by atoms with Crippen LogP contribution in [-0.4, -0.2) is 38.1 Å². The van der Waals surface area contributed by atoms with Crippen molar-refractivity contribution in [1.29, 1.82) is 0 Å². The third kappa shape index (κ3) is 2.74. The van der Waals surface area contributed by atoms with E-state index in [0.29, 0.717) is 0 Å². The summed E-state index contributed by atoms with van der Waals surface area (Å²) in [5.41, 5.74) is 9.06. The first-order valence-electron chi connectivity index (χ1n) is 7.61. The van der Waals surface area contributed by atoms with E-state index < -0.39 is 0 Å². The van der Waals surface area contributed by atoms with Crippen LogP contribution in [0.15, 0.2) is 22.7 Å². The summed E-state index contributed by atoms with van der Waals surface area (Å²) in [4.78, 5) is 4.85. The number of piperazine rings is 1. The number of nitrogens with two attached hydrogens (primary N) is 1. The molecule has 0 amide bonds. The summed E-state index contributed by atoms with van der Waals surface area (Å²) in [5.74, 6) is 0. The Kier molecular flexibility index (Phi) is 4.07. The molecule has 0 atom stereocenters. The minimum absolute atomic E-state index is 0.0941. The van der Waals surface area contributed by atoms with E-state index in [1.807, 2.05) is 0 Å². The van der Waals surface area contributed by atoms with E-state index >= 15 is 0 Å². The molecular weight excluding hydrogens is 314 g/mol. The summed E-state index contributed by atoms with van der Waals surface area (Å²) < 4.78 is 1.19. The largest absolute Gasteiger partial charge is 0.368 e. The molecule has 2 aliphatic rings. The Balaban J connectivity index is 1.81. The average Bonchev–Trinajstić information content (AvgIpc) is 2.88. The molecule has 3 rings (SSSR count). The van der Waals surface area contributed by atoms with Crippen LogP contribution in [0.2, 0.25) is 0 Å². The van der Waals surface area contributed by atoms with Crippen LogP contribution < -0.4 is 10.6 Å². The van der Waals surface area contributed by atoms with Crippen molar-refractivity contribution in [3.05, 3.63) is 28.2 Å². The second-order valence-corrected chi connectivity index (χ2v) is 7.17. The van der Waals surface area contributed by atoms with E-state index in [-0.39, 0.29) is 5.54 Å². The van der Waals surface area contributed by atoms with Gasteiger partial charge >= 0.3 is 0 Å². The predicted molar refractivity (Wildman–Crippen MR) is 88.2 cm³/mol. The van der Waals surface area contributed by atoms with E-state index in [9.17, 15) is 0 Å².